The number of carbonyl (C=O) groups is 7. The van der Waals surface area contributed by atoms with E-state index in [0.29, 0.717) is 126 Å². The highest BCUT2D eigenvalue weighted by Gasteiger charge is 2.58. The van der Waals surface area contributed by atoms with Crippen molar-refractivity contribution in [2.24, 2.45) is 0 Å². The molecule has 0 aromatic heterocycles. The van der Waals surface area contributed by atoms with Crippen LogP contribution in [0.5, 0.6) is 0 Å². The van der Waals surface area contributed by atoms with E-state index in [2.05, 4.69) is 46.1 Å². The first-order valence-corrected chi connectivity index (χ1v) is 46.1. The fourth-order valence-electron chi connectivity index (χ4n) is 8.83. The number of rotatable bonds is 35. The number of esters is 7. The van der Waals surface area contributed by atoms with Crippen molar-refractivity contribution in [3.63, 3.8) is 0 Å². The molecule has 0 radical (unpaired) electrons. The molecule has 0 spiro atoms. The Hall–Kier alpha value is -4.29. The molecule has 28 heteroatoms. The van der Waals surface area contributed by atoms with Gasteiger partial charge in [-0.3, -0.25) is 0 Å². The van der Waals surface area contributed by atoms with Gasteiger partial charge in [0, 0.05) is 39.0 Å². The maximum Gasteiger partial charge on any atom is 0.333 e. The minimum absolute atomic E-state index is 0.169. The SMILES string of the molecule is C=C(C)C(=O)OCCC[Si]1(C)O[Si](C)(CCCOC(=O)C(=C)C)O[Si](C)(CCCOC(=O)C(=C)C)O1.C=C(C)C(=O)OCCC[Si]1(C)O[Si](C)(CCCOC(=O)C(=C)C)O[Si](C)(CCCOC(=O)C(=C)C)O[Si](C)(CCCOC(=O)C(=C)C)O1. The van der Waals surface area contributed by atoms with Crippen LogP contribution in [0.25, 0.3) is 0 Å². The van der Waals surface area contributed by atoms with Crippen LogP contribution in [-0.2, 0) is 95.5 Å². The number of ether oxygens (including phenoxy) is 7. The molecular weight excluding hydrogens is 1210 g/mol. The van der Waals surface area contributed by atoms with Crippen molar-refractivity contribution in [3.8, 4) is 0 Å². The van der Waals surface area contributed by atoms with Crippen LogP contribution in [0.2, 0.25) is 88.1 Å². The summed E-state index contributed by atoms with van der Waals surface area (Å²) in [5.41, 5.74) is 2.34. The fraction of sp³-hybridized carbons (Fsp3) is 0.625. The monoisotopic (exact) mass is 1300 g/mol. The van der Waals surface area contributed by atoms with Gasteiger partial charge in [-0.05, 0) is 182 Å². The molecule has 2 saturated heterocycles. The molecule has 2 rings (SSSR count). The van der Waals surface area contributed by atoms with Crippen LogP contribution in [0.15, 0.2) is 85.1 Å². The Morgan fingerprint density at radius 1 is 0.238 bits per heavy atom. The zero-order valence-electron chi connectivity index (χ0n) is 52.9. The first-order chi connectivity index (χ1) is 38.7. The van der Waals surface area contributed by atoms with E-state index in [1.807, 2.05) is 45.8 Å². The van der Waals surface area contributed by atoms with Crippen molar-refractivity contribution in [2.45, 2.75) is 182 Å². The van der Waals surface area contributed by atoms with E-state index in [-0.39, 0.29) is 46.2 Å². The van der Waals surface area contributed by atoms with E-state index < -0.39 is 102 Å². The van der Waals surface area contributed by atoms with Crippen LogP contribution in [0, 0.1) is 0 Å². The lowest BCUT2D eigenvalue weighted by Crippen LogP contribution is -2.67. The largest absolute Gasteiger partial charge is 0.462 e. The van der Waals surface area contributed by atoms with Gasteiger partial charge in [0.15, 0.2) is 0 Å². The molecule has 0 N–H and O–H groups in total. The lowest BCUT2D eigenvalue weighted by molar-refractivity contribution is -0.139. The second-order valence-electron chi connectivity index (χ2n) is 22.8. The molecule has 0 aromatic carbocycles. The average Bonchev–Trinajstić information content (AvgIpc) is 1.84. The summed E-state index contributed by atoms with van der Waals surface area (Å²) in [5.74, 6) is -3.09. The van der Waals surface area contributed by atoms with Gasteiger partial charge in [0.2, 0.25) is 0 Å². The topological polar surface area (TPSA) is 249 Å². The molecule has 2 fully saturated rings. The van der Waals surface area contributed by atoms with Crippen LogP contribution in [0.1, 0.15) is 93.4 Å². The first-order valence-electron chi connectivity index (χ1n) is 28.4. The maximum absolute atomic E-state index is 12.0. The van der Waals surface area contributed by atoms with Gasteiger partial charge in [-0.1, -0.05) is 46.1 Å². The number of hydrogen-bond acceptors (Lipinski definition) is 21. The summed E-state index contributed by atoms with van der Waals surface area (Å²) < 4.78 is 85.0. The van der Waals surface area contributed by atoms with E-state index in [1.165, 1.54) is 0 Å². The molecule has 2 aliphatic rings. The van der Waals surface area contributed by atoms with E-state index in [9.17, 15) is 33.6 Å². The Bertz CT molecular complexity index is 2080. The first kappa shape index (κ1) is 77.7. The highest BCUT2D eigenvalue weighted by Crippen LogP contribution is 2.40. The van der Waals surface area contributed by atoms with E-state index in [0.717, 1.165) is 0 Å². The predicted octanol–water partition coefficient (Wildman–Crippen LogP) is 11.2. The molecule has 2 aliphatic heterocycles. The summed E-state index contributed by atoms with van der Waals surface area (Å²) in [7, 11) is -20.2. The van der Waals surface area contributed by atoms with Crippen LogP contribution >= 0.6 is 0 Å². The van der Waals surface area contributed by atoms with Crippen LogP contribution < -0.4 is 0 Å². The van der Waals surface area contributed by atoms with Crippen molar-refractivity contribution < 1.29 is 95.5 Å². The summed E-state index contributed by atoms with van der Waals surface area (Å²) in [6.45, 7) is 51.9. The Morgan fingerprint density at radius 2 is 0.333 bits per heavy atom. The van der Waals surface area contributed by atoms with Crippen LogP contribution in [0.3, 0.4) is 0 Å². The number of carbonyl (C=O) groups excluding carboxylic acids is 7. The molecule has 0 amide bonds. The Kier molecular flexibility index (Phi) is 33.4. The van der Waals surface area contributed by atoms with Gasteiger partial charge in [0.05, 0.1) is 46.2 Å². The molecular formula is C56H98O21Si7. The van der Waals surface area contributed by atoms with E-state index >= 15 is 0 Å². The van der Waals surface area contributed by atoms with Crippen molar-refractivity contribution in [2.75, 3.05) is 46.2 Å². The van der Waals surface area contributed by atoms with Gasteiger partial charge >= 0.3 is 102 Å². The van der Waals surface area contributed by atoms with Gasteiger partial charge < -0.3 is 62.0 Å². The summed E-state index contributed by atoms with van der Waals surface area (Å²) >= 11 is 0. The molecule has 0 saturated carbocycles. The molecule has 21 nitrogen and oxygen atoms in total. The highest BCUT2D eigenvalue weighted by molar-refractivity contribution is 6.94. The van der Waals surface area contributed by atoms with Crippen molar-refractivity contribution in [3.05, 3.63) is 85.1 Å². The third kappa shape index (κ3) is 30.9. The van der Waals surface area contributed by atoms with Gasteiger partial charge in [-0.2, -0.15) is 0 Å². The molecule has 2 heterocycles. The molecule has 0 aliphatic carbocycles. The minimum Gasteiger partial charge on any atom is -0.462 e. The zero-order chi connectivity index (χ0) is 64.3. The minimum atomic E-state index is -3.06. The Balaban J connectivity index is 0.000000875. The van der Waals surface area contributed by atoms with Crippen molar-refractivity contribution in [1.29, 1.82) is 0 Å². The number of hydrogen-bond donors (Lipinski definition) is 0. The lowest BCUT2D eigenvalue weighted by Gasteiger charge is -2.50. The second kappa shape index (κ2) is 36.1. The zero-order valence-corrected chi connectivity index (χ0v) is 59.9. The van der Waals surface area contributed by atoms with E-state index in [1.54, 1.807) is 48.5 Å². The Labute approximate surface area is 507 Å². The predicted molar refractivity (Wildman–Crippen MR) is 335 cm³/mol. The summed E-state index contributed by atoms with van der Waals surface area (Å²) in [6.07, 6.45) is 3.77. The molecule has 0 bridgehead atoms. The van der Waals surface area contributed by atoms with Gasteiger partial charge in [-0.25, -0.2) is 33.6 Å². The summed E-state index contributed by atoms with van der Waals surface area (Å²) in [6, 6.07) is 3.91. The van der Waals surface area contributed by atoms with E-state index in [4.69, 9.17) is 62.0 Å². The highest BCUT2D eigenvalue weighted by atomic mass is 28.5. The normalized spacial score (nSPS) is 25.5. The van der Waals surface area contributed by atoms with Crippen molar-refractivity contribution >= 4 is 102 Å². The quantitative estimate of drug-likeness (QED) is 0.0188. The fourth-order valence-corrected chi connectivity index (χ4v) is 49.4. The van der Waals surface area contributed by atoms with Crippen molar-refractivity contribution in [1.82, 2.24) is 0 Å². The van der Waals surface area contributed by atoms with Gasteiger partial charge in [-0.15, -0.1) is 0 Å². The average molecular weight is 1300 g/mol. The molecule has 0 unspecified atom stereocenters. The molecule has 476 valence electrons. The third-order valence-corrected chi connectivity index (χ3v) is 45.5. The maximum atomic E-state index is 12.0. The van der Waals surface area contributed by atoms with Crippen LogP contribution in [0.4, 0.5) is 0 Å². The Morgan fingerprint density at radius 3 is 0.417 bits per heavy atom. The molecule has 0 atom stereocenters. The summed E-state index contributed by atoms with van der Waals surface area (Å²) in [5, 5.41) is 0. The summed E-state index contributed by atoms with van der Waals surface area (Å²) in [4.78, 5) is 83.1. The van der Waals surface area contributed by atoms with Crippen LogP contribution in [-0.4, -0.2) is 148 Å². The van der Waals surface area contributed by atoms with Gasteiger partial charge in [0.1, 0.15) is 0 Å². The van der Waals surface area contributed by atoms with Gasteiger partial charge in [0.25, 0.3) is 0 Å². The standard InChI is InChI=1S/C32H56O12Si4.C24H42O9Si3/c1-25(2)29(33)37-17-13-21-45(9)41-46(10,22-14-18-38-30(34)26(3)4)43-48(12,24-16-20-40-32(36)28(7)8)44-47(11,42-45)23-15-19-39-31(35)27(5)6;1-19(2)22(25)28-13-10-16-34(7)31-35(8,17-11-14-29-23(26)20(3)4)33-36(9,32-34)18-12-15-30-24(27)21(5)6/h1,3,5,7,13-24H2,2,4,6,8-12H3;1,3,5,10-18H2,2,4,6-9H3. The second-order valence-corrected chi connectivity index (χ2v) is 47.9. The molecule has 0 aromatic rings. The third-order valence-electron chi connectivity index (χ3n) is 12.5. The lowest BCUT2D eigenvalue weighted by atomic mass is 10.4. The molecule has 84 heavy (non-hydrogen) atoms. The smallest absolute Gasteiger partial charge is 0.333 e.